The van der Waals surface area contributed by atoms with Crippen molar-refractivity contribution in [2.45, 2.75) is 215 Å². The van der Waals surface area contributed by atoms with E-state index in [2.05, 4.69) is 488 Å². The minimum atomic E-state index is -2.02. The maximum Gasteiger partial charge on any atom is 0.215 e. The summed E-state index contributed by atoms with van der Waals surface area (Å²) in [5.74, 6) is 37.4. The van der Waals surface area contributed by atoms with Crippen LogP contribution < -0.4 is 0 Å². The van der Waals surface area contributed by atoms with E-state index in [-0.39, 0.29) is 43.3 Å². The second-order valence-corrected chi connectivity index (χ2v) is 44.5. The van der Waals surface area contributed by atoms with E-state index in [1.54, 1.807) is 12.1 Å². The standard InChI is InChI=1S/C127H120N8O/c1-119(2,3)87-68-82(69-88(76-87)120(4,5)6)115-105-54-50-97(128-105)95(98-51-55-106(129-98)116(83-70-89(121(7,8)9)77-90(71-83)122(10,11)12)110-63-59-102(133-110)113(80-42-32-29-33-43-80)101-58-62-109(115)132-101)48-38-25-27-40-66-127(136,86-46-36-31-37-47-86)67-41-28-26-39-49-96-99-52-56-107(130-99)117(84-72-91(123(13,14)15)78-92(73-84)124(16,17)18)111-64-60-103(134-111)114(81-44-34-30-35-45-81)104-61-65-112(135-104)118(108-57-53-100(96)131-108)85-74-93(125(19,20)21)79-94(75-85)126(22,23)24/h29-37,42-47,50-65,68-79,128,130,133,135-136H,1-24H3. The van der Waals surface area contributed by atoms with Crippen LogP contribution in [0.5, 0.6) is 0 Å². The summed E-state index contributed by atoms with van der Waals surface area (Å²) in [5.41, 5.74) is 32.8. The number of rotatable bonds is 7. The number of hydrogen-bond acceptors (Lipinski definition) is 5. The van der Waals surface area contributed by atoms with Gasteiger partial charge in [-0.25, -0.2) is 19.9 Å². The predicted octanol–water partition coefficient (Wildman–Crippen LogP) is 30.3. The number of aromatic nitrogens is 8. The third-order valence-electron chi connectivity index (χ3n) is 25.9. The van der Waals surface area contributed by atoms with Crippen LogP contribution in [-0.2, 0) is 48.9 Å². The molecule has 9 heteroatoms. The molecule has 7 aromatic carbocycles. The smallest absolute Gasteiger partial charge is 0.215 e. The number of fused-ring (bicyclic) bond motifs is 16. The third-order valence-corrected chi connectivity index (χ3v) is 25.9. The molecule has 9 nitrogen and oxygen atoms in total. The molecular weight excluding hydrogens is 1650 g/mol. The summed E-state index contributed by atoms with van der Waals surface area (Å²) in [6, 6.07) is 75.4. The lowest BCUT2D eigenvalue weighted by Crippen LogP contribution is -2.21. The van der Waals surface area contributed by atoms with Gasteiger partial charge in [0.25, 0.3) is 0 Å². The van der Waals surface area contributed by atoms with Crippen LogP contribution in [0.2, 0.25) is 0 Å². The number of aliphatic hydroxyl groups is 1. The summed E-state index contributed by atoms with van der Waals surface area (Å²) in [7, 11) is 0. The molecule has 13 aromatic rings. The second-order valence-electron chi connectivity index (χ2n) is 44.5. The highest BCUT2D eigenvalue weighted by Crippen LogP contribution is 2.47. The predicted molar refractivity (Wildman–Crippen MR) is 575 cm³/mol. The average molecular weight is 1770 g/mol. The van der Waals surface area contributed by atoms with Gasteiger partial charge in [0.15, 0.2) is 0 Å². The first kappa shape index (κ1) is 92.9. The second kappa shape index (κ2) is 35.5. The monoisotopic (exact) mass is 1770 g/mol. The lowest BCUT2D eigenvalue weighted by Gasteiger charge is -2.26. The van der Waals surface area contributed by atoms with Gasteiger partial charge in [0, 0.05) is 72.0 Å². The zero-order valence-electron chi connectivity index (χ0n) is 83.1. The molecule has 0 atom stereocenters. The zero-order valence-corrected chi connectivity index (χ0v) is 83.1. The van der Waals surface area contributed by atoms with Crippen molar-refractivity contribution in [1.82, 2.24) is 39.9 Å². The van der Waals surface area contributed by atoms with Crippen molar-refractivity contribution >= 4 is 92.7 Å². The molecule has 136 heavy (non-hydrogen) atoms. The van der Waals surface area contributed by atoms with Crippen LogP contribution >= 0.6 is 0 Å². The molecule has 0 saturated heterocycles. The van der Waals surface area contributed by atoms with Gasteiger partial charge in [-0.2, -0.15) is 0 Å². The fourth-order valence-electron chi connectivity index (χ4n) is 17.7. The fraction of sp³-hybridized carbons (Fsp3) is 0.260. The molecule has 0 saturated carbocycles. The summed E-state index contributed by atoms with van der Waals surface area (Å²) in [6.45, 7) is 54.5. The fourth-order valence-corrected chi connectivity index (χ4v) is 17.7. The normalized spacial score (nSPS) is 12.7. The quantitative estimate of drug-likeness (QED) is 0.101. The molecule has 17 rings (SSSR count). The molecular formula is C127H120N8O. The Balaban J connectivity index is 0.828. The molecule has 0 amide bonds. The van der Waals surface area contributed by atoms with E-state index in [1.807, 2.05) is 18.2 Å². The van der Waals surface area contributed by atoms with Crippen LogP contribution in [0.15, 0.2) is 212 Å². The Labute approximate surface area is 804 Å². The Bertz CT molecular complexity index is 7260. The van der Waals surface area contributed by atoms with Gasteiger partial charge in [-0.05, 0) is 289 Å². The molecule has 0 aliphatic carbocycles. The highest BCUT2D eigenvalue weighted by Gasteiger charge is 2.32. The Kier molecular flexibility index (Phi) is 24.2. The molecule has 5 N–H and O–H groups in total. The molecule has 0 radical (unpaired) electrons. The molecule has 674 valence electrons. The number of benzene rings is 7. The van der Waals surface area contributed by atoms with E-state index in [9.17, 15) is 5.11 Å². The third kappa shape index (κ3) is 19.6. The maximum atomic E-state index is 12.8. The van der Waals surface area contributed by atoms with Crippen LogP contribution in [0.3, 0.4) is 0 Å². The first-order chi connectivity index (χ1) is 64.3. The zero-order chi connectivity index (χ0) is 96.6. The Morgan fingerprint density at radius 1 is 0.199 bits per heavy atom. The van der Waals surface area contributed by atoms with E-state index in [0.29, 0.717) is 28.1 Å². The molecule has 0 fully saturated rings. The number of nitrogens with zero attached hydrogens (tertiary/aromatic N) is 4. The van der Waals surface area contributed by atoms with Gasteiger partial charge in [0.2, 0.25) is 5.60 Å². The molecule has 4 aliphatic rings. The van der Waals surface area contributed by atoms with E-state index >= 15 is 0 Å². The summed E-state index contributed by atoms with van der Waals surface area (Å²) in [5, 5.41) is 12.8. The largest absolute Gasteiger partial charge is 0.363 e. The lowest BCUT2D eigenvalue weighted by atomic mass is 9.78. The van der Waals surface area contributed by atoms with Crippen LogP contribution in [0.4, 0.5) is 0 Å². The minimum absolute atomic E-state index is 0.174. The topological polar surface area (TPSA) is 135 Å². The Morgan fingerprint density at radius 2 is 0.397 bits per heavy atom. The van der Waals surface area contributed by atoms with E-state index < -0.39 is 5.60 Å². The van der Waals surface area contributed by atoms with Gasteiger partial charge in [-0.15, -0.1) is 0 Å². The minimum Gasteiger partial charge on any atom is -0.363 e. The van der Waals surface area contributed by atoms with Crippen molar-refractivity contribution in [3.05, 3.63) is 319 Å². The summed E-state index contributed by atoms with van der Waals surface area (Å²) < 4.78 is 0. The lowest BCUT2D eigenvalue weighted by molar-refractivity contribution is 0.165. The van der Waals surface area contributed by atoms with Gasteiger partial charge >= 0.3 is 0 Å². The van der Waals surface area contributed by atoms with Gasteiger partial charge in [-0.1, -0.05) is 330 Å². The highest BCUT2D eigenvalue weighted by molar-refractivity contribution is 6.02. The van der Waals surface area contributed by atoms with E-state index in [1.165, 1.54) is 44.5 Å². The molecule has 10 heterocycles. The molecule has 0 spiro atoms. The van der Waals surface area contributed by atoms with Gasteiger partial charge in [-0.3, -0.25) is 0 Å². The Morgan fingerprint density at radius 3 is 0.640 bits per heavy atom. The summed E-state index contributed by atoms with van der Waals surface area (Å²) >= 11 is 0. The van der Waals surface area contributed by atoms with Crippen molar-refractivity contribution in [3.63, 3.8) is 0 Å². The molecule has 16 bridgehead atoms. The van der Waals surface area contributed by atoms with Gasteiger partial charge in [0.05, 0.1) is 67.7 Å². The Hall–Kier alpha value is -14.9. The number of H-pyrrole nitrogens is 4. The van der Waals surface area contributed by atoms with Crippen LogP contribution in [0.1, 0.15) is 273 Å². The average Bonchev–Trinajstić information content (AvgIpc) is 1.60. The van der Waals surface area contributed by atoms with Crippen LogP contribution in [0.25, 0.3) is 160 Å². The number of aromatic amines is 4. The van der Waals surface area contributed by atoms with Gasteiger partial charge < -0.3 is 25.0 Å². The van der Waals surface area contributed by atoms with Crippen LogP contribution in [0, 0.1) is 71.0 Å². The number of hydrogen-bond donors (Lipinski definition) is 5. The molecule has 4 aliphatic heterocycles. The molecule has 6 aromatic heterocycles. The SMILES string of the molecule is CC(C)(C)c1cc(-c2c3nc(c(-c4ccccc4)c4ccc([nH]4)c(-c4cc(C(C)(C)C)cc(C(C)(C)C)c4)c4nc(c(C#CC#CC#CC(O)(C#CC#CC#Cc5c6nc(c(-c7cc(C(C)(C)C)cc(C(C)(C)C)c7)c7ccc([nH]7)c(-c7ccccc7)c7nc(c(-c8cc(C(C)(C)C)cc(C(C)(C)C)c8)c8ccc5[nH]8)C=C7)C=C6)c5ccccc5)c5ccc2[nH]5)C=C4)C=C3)cc(C(C)(C)C)c1. The summed E-state index contributed by atoms with van der Waals surface area (Å²) in [6.07, 6.45) is 16.9. The van der Waals surface area contributed by atoms with Crippen LogP contribution in [-0.4, -0.2) is 45.0 Å². The first-order valence-corrected chi connectivity index (χ1v) is 47.2. The van der Waals surface area contributed by atoms with Gasteiger partial charge in [0.1, 0.15) is 0 Å². The molecule has 0 unspecified atom stereocenters. The van der Waals surface area contributed by atoms with Crippen molar-refractivity contribution in [2.24, 2.45) is 0 Å². The van der Waals surface area contributed by atoms with Crippen molar-refractivity contribution in [2.75, 3.05) is 0 Å². The van der Waals surface area contributed by atoms with E-state index in [0.717, 1.165) is 145 Å². The highest BCUT2D eigenvalue weighted by atomic mass is 16.3. The maximum absolute atomic E-state index is 12.8. The number of nitrogens with one attached hydrogen (secondary N) is 4. The van der Waals surface area contributed by atoms with Crippen molar-refractivity contribution in [1.29, 1.82) is 0 Å². The summed E-state index contributed by atoms with van der Waals surface area (Å²) in [4.78, 5) is 38.4. The van der Waals surface area contributed by atoms with Crippen molar-refractivity contribution < 1.29 is 5.11 Å². The van der Waals surface area contributed by atoms with E-state index in [4.69, 9.17) is 19.9 Å². The first-order valence-electron chi connectivity index (χ1n) is 47.2. The van der Waals surface area contributed by atoms with Crippen molar-refractivity contribution in [3.8, 4) is 138 Å².